The first-order valence-electron chi connectivity index (χ1n) is 5.95. The Morgan fingerprint density at radius 2 is 1.84 bits per heavy atom. The first-order chi connectivity index (χ1) is 9.08. The van der Waals surface area contributed by atoms with E-state index in [2.05, 4.69) is 27.9 Å². The molecule has 0 unspecified atom stereocenters. The number of nitrogens with one attached hydrogen (secondary N) is 1. The molecular weight excluding hydrogens is 359 g/mol. The zero-order chi connectivity index (χ0) is 13.8. The summed E-state index contributed by atoms with van der Waals surface area (Å²) in [5, 5.41) is 2.77. The number of carbonyl (C=O) groups is 3. The fourth-order valence-electron chi connectivity index (χ4n) is 1.86. The Morgan fingerprint density at radius 3 is 2.47 bits per heavy atom. The maximum absolute atomic E-state index is 11.8. The van der Waals surface area contributed by atoms with Gasteiger partial charge in [0, 0.05) is 29.4 Å². The van der Waals surface area contributed by atoms with E-state index >= 15 is 0 Å². The van der Waals surface area contributed by atoms with Crippen LogP contribution in [0.3, 0.4) is 0 Å². The van der Waals surface area contributed by atoms with Crippen molar-refractivity contribution in [2.24, 2.45) is 0 Å². The molecule has 0 radical (unpaired) electrons. The molecule has 100 valence electrons. The van der Waals surface area contributed by atoms with Crippen LogP contribution in [0.1, 0.15) is 19.3 Å². The second kappa shape index (κ2) is 6.14. The zero-order valence-electron chi connectivity index (χ0n) is 10.2. The number of nitrogens with zero attached hydrogens (tertiary/aromatic N) is 1. The van der Waals surface area contributed by atoms with Crippen LogP contribution in [0.5, 0.6) is 0 Å². The number of imide groups is 1. The average molecular weight is 372 g/mol. The predicted molar refractivity (Wildman–Crippen MR) is 78.4 cm³/mol. The van der Waals surface area contributed by atoms with Gasteiger partial charge in [-0.05, 0) is 34.7 Å². The van der Waals surface area contributed by atoms with Crippen molar-refractivity contribution in [2.45, 2.75) is 19.3 Å². The van der Waals surface area contributed by atoms with Crippen LogP contribution in [0, 0.1) is 3.57 Å². The fourth-order valence-corrected chi connectivity index (χ4v) is 2.38. The molecule has 0 aliphatic carbocycles. The van der Waals surface area contributed by atoms with Gasteiger partial charge in [-0.25, -0.2) is 0 Å². The summed E-state index contributed by atoms with van der Waals surface area (Å²) >= 11 is 2.13. The van der Waals surface area contributed by atoms with Gasteiger partial charge >= 0.3 is 0 Å². The van der Waals surface area contributed by atoms with Crippen LogP contribution < -0.4 is 5.32 Å². The van der Waals surface area contributed by atoms with Crippen LogP contribution in [0.4, 0.5) is 5.69 Å². The van der Waals surface area contributed by atoms with Gasteiger partial charge in [-0.3, -0.25) is 19.3 Å². The molecule has 6 heteroatoms. The van der Waals surface area contributed by atoms with Gasteiger partial charge in [-0.15, -0.1) is 0 Å². The third-order valence-electron chi connectivity index (χ3n) is 2.87. The van der Waals surface area contributed by atoms with Gasteiger partial charge in [-0.1, -0.05) is 12.1 Å². The summed E-state index contributed by atoms with van der Waals surface area (Å²) in [4.78, 5) is 35.7. The van der Waals surface area contributed by atoms with Crippen LogP contribution >= 0.6 is 22.6 Å². The summed E-state index contributed by atoms with van der Waals surface area (Å²) in [7, 11) is 0. The molecule has 19 heavy (non-hydrogen) atoms. The molecule has 1 heterocycles. The van der Waals surface area contributed by atoms with E-state index in [4.69, 9.17) is 0 Å². The Balaban J connectivity index is 1.87. The van der Waals surface area contributed by atoms with E-state index in [-0.39, 0.29) is 43.5 Å². The van der Waals surface area contributed by atoms with Crippen molar-refractivity contribution in [2.75, 3.05) is 11.9 Å². The minimum absolute atomic E-state index is 0.127. The molecule has 0 aromatic heterocycles. The highest BCUT2D eigenvalue weighted by atomic mass is 127. The summed E-state index contributed by atoms with van der Waals surface area (Å²) < 4.78 is 0.946. The second-order valence-corrected chi connectivity index (χ2v) is 5.38. The van der Waals surface area contributed by atoms with E-state index in [1.54, 1.807) is 0 Å². The number of anilines is 1. The number of benzene rings is 1. The number of carbonyl (C=O) groups excluding carboxylic acids is 3. The van der Waals surface area contributed by atoms with E-state index in [1.807, 2.05) is 24.3 Å². The van der Waals surface area contributed by atoms with E-state index in [0.717, 1.165) is 14.2 Å². The second-order valence-electron chi connectivity index (χ2n) is 4.22. The smallest absolute Gasteiger partial charge is 0.229 e. The van der Waals surface area contributed by atoms with Gasteiger partial charge in [0.25, 0.3) is 0 Å². The Bertz CT molecular complexity index is 514. The molecule has 2 rings (SSSR count). The normalized spacial score (nSPS) is 14.9. The van der Waals surface area contributed by atoms with Crippen LogP contribution in [-0.2, 0) is 14.4 Å². The third-order valence-corrected chi connectivity index (χ3v) is 3.81. The highest BCUT2D eigenvalue weighted by molar-refractivity contribution is 14.1. The monoisotopic (exact) mass is 372 g/mol. The summed E-state index contributed by atoms with van der Waals surface area (Å²) in [6.45, 7) is 0.160. The van der Waals surface area contributed by atoms with Crippen molar-refractivity contribution in [1.82, 2.24) is 4.90 Å². The Labute approximate surface area is 124 Å². The lowest BCUT2D eigenvalue weighted by molar-refractivity contribution is -0.138. The summed E-state index contributed by atoms with van der Waals surface area (Å²) in [5.41, 5.74) is 0.743. The number of para-hydroxylation sites is 1. The number of hydrogen-bond donors (Lipinski definition) is 1. The lowest BCUT2D eigenvalue weighted by Crippen LogP contribution is -2.32. The van der Waals surface area contributed by atoms with Gasteiger partial charge in [0.2, 0.25) is 17.7 Å². The molecule has 1 fully saturated rings. The predicted octanol–water partition coefficient (Wildman–Crippen LogP) is 1.77. The Hall–Kier alpha value is -1.44. The molecule has 1 aromatic carbocycles. The topological polar surface area (TPSA) is 66.5 Å². The lowest BCUT2D eigenvalue weighted by Gasteiger charge is -2.13. The summed E-state index contributed by atoms with van der Waals surface area (Å²) in [5.74, 6) is -0.573. The molecule has 0 saturated carbocycles. The maximum atomic E-state index is 11.8. The number of likely N-dealkylation sites (tertiary alicyclic amines) is 1. The Morgan fingerprint density at radius 1 is 1.21 bits per heavy atom. The van der Waals surface area contributed by atoms with Crippen molar-refractivity contribution >= 4 is 46.0 Å². The van der Waals surface area contributed by atoms with Gasteiger partial charge in [0.05, 0.1) is 5.69 Å². The highest BCUT2D eigenvalue weighted by Crippen LogP contribution is 2.17. The van der Waals surface area contributed by atoms with Gasteiger partial charge in [-0.2, -0.15) is 0 Å². The maximum Gasteiger partial charge on any atom is 0.229 e. The van der Waals surface area contributed by atoms with Crippen molar-refractivity contribution in [3.05, 3.63) is 27.8 Å². The van der Waals surface area contributed by atoms with Crippen LogP contribution in [-0.4, -0.2) is 29.2 Å². The largest absolute Gasteiger partial charge is 0.325 e. The minimum Gasteiger partial charge on any atom is -0.325 e. The van der Waals surface area contributed by atoms with Gasteiger partial charge in [0.15, 0.2) is 0 Å². The quantitative estimate of drug-likeness (QED) is 0.647. The molecule has 1 aliphatic heterocycles. The molecule has 1 saturated heterocycles. The summed E-state index contributed by atoms with van der Waals surface area (Å²) in [6.07, 6.45) is 0.649. The first kappa shape index (κ1) is 14.0. The molecule has 0 spiro atoms. The molecule has 5 nitrogen and oxygen atoms in total. The number of amides is 3. The van der Waals surface area contributed by atoms with Crippen LogP contribution in [0.15, 0.2) is 24.3 Å². The number of halogens is 1. The minimum atomic E-state index is -0.198. The number of rotatable bonds is 4. The molecule has 1 N–H and O–H groups in total. The average Bonchev–Trinajstić information content (AvgIpc) is 2.70. The lowest BCUT2D eigenvalue weighted by atomic mass is 10.3. The zero-order valence-corrected chi connectivity index (χ0v) is 12.3. The third kappa shape index (κ3) is 3.52. The van der Waals surface area contributed by atoms with Crippen molar-refractivity contribution in [1.29, 1.82) is 0 Å². The van der Waals surface area contributed by atoms with Crippen LogP contribution in [0.2, 0.25) is 0 Å². The first-order valence-corrected chi connectivity index (χ1v) is 7.03. The van der Waals surface area contributed by atoms with E-state index in [1.165, 1.54) is 0 Å². The number of hydrogen-bond acceptors (Lipinski definition) is 3. The van der Waals surface area contributed by atoms with Crippen molar-refractivity contribution in [3.8, 4) is 0 Å². The molecule has 1 aliphatic rings. The van der Waals surface area contributed by atoms with Gasteiger partial charge in [0.1, 0.15) is 0 Å². The highest BCUT2D eigenvalue weighted by Gasteiger charge is 2.28. The molecular formula is C13H13IN2O3. The molecule has 0 atom stereocenters. The fraction of sp³-hybridized carbons (Fsp3) is 0.308. The van der Waals surface area contributed by atoms with E-state index in [9.17, 15) is 14.4 Å². The van der Waals surface area contributed by atoms with Crippen molar-refractivity contribution < 1.29 is 14.4 Å². The van der Waals surface area contributed by atoms with Crippen LogP contribution in [0.25, 0.3) is 0 Å². The van der Waals surface area contributed by atoms with E-state index < -0.39 is 0 Å². The SMILES string of the molecule is O=C(CCN1C(=O)CCC1=O)Nc1ccccc1I. The Kier molecular flexibility index (Phi) is 4.52. The van der Waals surface area contributed by atoms with E-state index in [0.29, 0.717) is 0 Å². The molecule has 1 aromatic rings. The molecule has 3 amide bonds. The van der Waals surface area contributed by atoms with Gasteiger partial charge < -0.3 is 5.32 Å². The van der Waals surface area contributed by atoms with Crippen molar-refractivity contribution in [3.63, 3.8) is 0 Å². The molecule has 0 bridgehead atoms. The summed E-state index contributed by atoms with van der Waals surface area (Å²) in [6, 6.07) is 7.43. The standard InChI is InChI=1S/C13H13IN2O3/c14-9-3-1-2-4-10(9)15-11(17)7-8-16-12(18)5-6-13(16)19/h1-4H,5-8H2,(H,15,17).